The van der Waals surface area contributed by atoms with Gasteiger partial charge in [-0.25, -0.2) is 4.39 Å². The van der Waals surface area contributed by atoms with E-state index in [0.29, 0.717) is 22.3 Å². The number of rotatable bonds is 6. The second-order valence-electron chi connectivity index (χ2n) is 3.98. The summed E-state index contributed by atoms with van der Waals surface area (Å²) in [6, 6.07) is 3.36. The Kier molecular flexibility index (Phi) is 5.98. The maximum absolute atomic E-state index is 14.0. The molecule has 0 aliphatic heterocycles. The monoisotopic (exact) mass is 333 g/mol. The van der Waals surface area contributed by atoms with E-state index < -0.39 is 0 Å². The van der Waals surface area contributed by atoms with Crippen LogP contribution in [-0.2, 0) is 0 Å². The second kappa shape index (κ2) is 7.01. The highest BCUT2D eigenvalue weighted by Gasteiger charge is 2.12. The third-order valence-electron chi connectivity index (χ3n) is 2.70. The van der Waals surface area contributed by atoms with E-state index in [1.54, 1.807) is 12.1 Å². The number of nitrogens with one attached hydrogen (secondary N) is 1. The van der Waals surface area contributed by atoms with E-state index in [-0.39, 0.29) is 10.8 Å². The standard InChI is InChI=1S/C12H17BrFN3S/c1-3-17(2)7-6-16-9-5-4-8(12(15)18)10(13)11(9)14/h4-5,16H,3,6-7H2,1-2H3,(H2,15,18). The second-order valence-corrected chi connectivity index (χ2v) is 5.21. The predicted octanol–water partition coefficient (Wildman–Crippen LogP) is 2.59. The largest absolute Gasteiger partial charge is 0.389 e. The molecule has 0 bridgehead atoms. The summed E-state index contributed by atoms with van der Waals surface area (Å²) in [5, 5.41) is 3.05. The van der Waals surface area contributed by atoms with Gasteiger partial charge in [0.25, 0.3) is 0 Å². The highest BCUT2D eigenvalue weighted by atomic mass is 79.9. The van der Waals surface area contributed by atoms with Crippen LogP contribution in [0.4, 0.5) is 10.1 Å². The molecule has 0 unspecified atom stereocenters. The molecule has 3 nitrogen and oxygen atoms in total. The van der Waals surface area contributed by atoms with E-state index in [2.05, 4.69) is 33.1 Å². The minimum atomic E-state index is -0.362. The Labute approximate surface area is 121 Å². The maximum Gasteiger partial charge on any atom is 0.161 e. The lowest BCUT2D eigenvalue weighted by atomic mass is 10.2. The van der Waals surface area contributed by atoms with Gasteiger partial charge in [0.15, 0.2) is 5.82 Å². The fourth-order valence-corrected chi connectivity index (χ4v) is 2.28. The Morgan fingerprint density at radius 3 is 2.78 bits per heavy atom. The van der Waals surface area contributed by atoms with E-state index >= 15 is 0 Å². The minimum absolute atomic E-state index is 0.179. The Morgan fingerprint density at radius 1 is 1.56 bits per heavy atom. The first kappa shape index (κ1) is 15.3. The van der Waals surface area contributed by atoms with Gasteiger partial charge in [-0.3, -0.25) is 0 Å². The van der Waals surface area contributed by atoms with Crippen molar-refractivity contribution in [3.63, 3.8) is 0 Å². The Morgan fingerprint density at radius 2 is 2.22 bits per heavy atom. The van der Waals surface area contributed by atoms with Gasteiger partial charge < -0.3 is 16.0 Å². The summed E-state index contributed by atoms with van der Waals surface area (Å²) < 4.78 is 14.3. The van der Waals surface area contributed by atoms with Crippen LogP contribution in [0.25, 0.3) is 0 Å². The molecule has 1 aromatic rings. The number of nitrogens with two attached hydrogens (primary N) is 1. The zero-order valence-electron chi connectivity index (χ0n) is 10.5. The highest BCUT2D eigenvalue weighted by molar-refractivity contribution is 9.10. The molecule has 6 heteroatoms. The van der Waals surface area contributed by atoms with Crippen LogP contribution in [0.5, 0.6) is 0 Å². The quantitative estimate of drug-likeness (QED) is 0.785. The van der Waals surface area contributed by atoms with Crippen LogP contribution in [0.1, 0.15) is 12.5 Å². The van der Waals surface area contributed by atoms with Crippen LogP contribution in [0.3, 0.4) is 0 Å². The summed E-state index contributed by atoms with van der Waals surface area (Å²) in [5.41, 5.74) is 6.46. The zero-order chi connectivity index (χ0) is 13.7. The molecule has 0 aromatic heterocycles. The van der Waals surface area contributed by atoms with E-state index in [9.17, 15) is 4.39 Å². The summed E-state index contributed by atoms with van der Waals surface area (Å²) in [4.78, 5) is 2.32. The number of nitrogens with zero attached hydrogens (tertiary/aromatic N) is 1. The molecular weight excluding hydrogens is 317 g/mol. The molecule has 0 saturated carbocycles. The molecule has 3 N–H and O–H groups in total. The van der Waals surface area contributed by atoms with Crippen LogP contribution in [0, 0.1) is 5.82 Å². The number of hydrogen-bond donors (Lipinski definition) is 2. The third kappa shape index (κ3) is 3.90. The topological polar surface area (TPSA) is 41.3 Å². The first-order chi connectivity index (χ1) is 8.47. The Hall–Kier alpha value is -0.720. The Bertz CT molecular complexity index is 440. The average Bonchev–Trinajstić information content (AvgIpc) is 2.33. The fourth-order valence-electron chi connectivity index (χ4n) is 1.42. The number of halogens is 2. The maximum atomic E-state index is 14.0. The minimum Gasteiger partial charge on any atom is -0.389 e. The zero-order valence-corrected chi connectivity index (χ0v) is 12.9. The number of benzene rings is 1. The van der Waals surface area contributed by atoms with Gasteiger partial charge in [0, 0.05) is 18.7 Å². The third-order valence-corrected chi connectivity index (χ3v) is 3.69. The van der Waals surface area contributed by atoms with Crippen molar-refractivity contribution < 1.29 is 4.39 Å². The van der Waals surface area contributed by atoms with Gasteiger partial charge >= 0.3 is 0 Å². The van der Waals surface area contributed by atoms with Gasteiger partial charge in [-0.05, 0) is 41.7 Å². The lowest BCUT2D eigenvalue weighted by molar-refractivity contribution is 0.367. The molecule has 18 heavy (non-hydrogen) atoms. The number of hydrogen-bond acceptors (Lipinski definition) is 3. The molecule has 0 radical (unpaired) electrons. The average molecular weight is 334 g/mol. The first-order valence-corrected chi connectivity index (χ1v) is 6.87. The Balaban J connectivity index is 2.74. The molecule has 100 valence electrons. The van der Waals surface area contributed by atoms with Gasteiger partial charge in [-0.1, -0.05) is 19.1 Å². The molecule has 0 saturated heterocycles. The summed E-state index contributed by atoms with van der Waals surface area (Å²) in [7, 11) is 2.02. The van der Waals surface area contributed by atoms with E-state index in [1.807, 2.05) is 7.05 Å². The van der Waals surface area contributed by atoms with Crippen LogP contribution >= 0.6 is 28.1 Å². The molecule has 0 aliphatic rings. The normalized spacial score (nSPS) is 10.7. The van der Waals surface area contributed by atoms with Crippen molar-refractivity contribution in [2.24, 2.45) is 5.73 Å². The van der Waals surface area contributed by atoms with Crippen molar-refractivity contribution in [3.05, 3.63) is 28.0 Å². The van der Waals surface area contributed by atoms with Crippen molar-refractivity contribution >= 4 is 38.8 Å². The predicted molar refractivity (Wildman–Crippen MR) is 81.6 cm³/mol. The van der Waals surface area contributed by atoms with Crippen molar-refractivity contribution in [2.75, 3.05) is 32.0 Å². The van der Waals surface area contributed by atoms with Crippen LogP contribution in [0.15, 0.2) is 16.6 Å². The summed E-state index contributed by atoms with van der Waals surface area (Å²) in [6.45, 7) is 4.58. The first-order valence-electron chi connectivity index (χ1n) is 5.67. The number of thiocarbonyl (C=S) groups is 1. The highest BCUT2D eigenvalue weighted by Crippen LogP contribution is 2.26. The molecule has 0 heterocycles. The lowest BCUT2D eigenvalue weighted by Gasteiger charge is -2.15. The van der Waals surface area contributed by atoms with Gasteiger partial charge in [-0.15, -0.1) is 0 Å². The van der Waals surface area contributed by atoms with Crippen molar-refractivity contribution in [1.29, 1.82) is 0 Å². The number of anilines is 1. The van der Waals surface area contributed by atoms with Crippen molar-refractivity contribution in [1.82, 2.24) is 4.90 Å². The lowest BCUT2D eigenvalue weighted by Crippen LogP contribution is -2.25. The molecule has 0 amide bonds. The van der Waals surface area contributed by atoms with Gasteiger partial charge in [0.1, 0.15) is 4.99 Å². The smallest absolute Gasteiger partial charge is 0.161 e. The van der Waals surface area contributed by atoms with E-state index in [1.165, 1.54) is 0 Å². The van der Waals surface area contributed by atoms with Gasteiger partial charge in [0.05, 0.1) is 10.2 Å². The molecule has 1 aromatic carbocycles. The van der Waals surface area contributed by atoms with Crippen molar-refractivity contribution in [3.8, 4) is 0 Å². The number of likely N-dealkylation sites (N-methyl/N-ethyl adjacent to an activating group) is 1. The molecule has 0 aliphatic carbocycles. The SMILES string of the molecule is CCN(C)CCNc1ccc(C(N)=S)c(Br)c1F. The van der Waals surface area contributed by atoms with Crippen LogP contribution in [-0.4, -0.2) is 36.6 Å². The van der Waals surface area contributed by atoms with Crippen LogP contribution in [0.2, 0.25) is 0 Å². The molecule has 0 spiro atoms. The summed E-state index contributed by atoms with van der Waals surface area (Å²) >= 11 is 8.02. The molecule has 1 rings (SSSR count). The molecule has 0 atom stereocenters. The summed E-state index contributed by atoms with van der Waals surface area (Å²) in [5.74, 6) is -0.362. The molecular formula is C12H17BrFN3S. The van der Waals surface area contributed by atoms with E-state index in [0.717, 1.165) is 13.1 Å². The summed E-state index contributed by atoms with van der Waals surface area (Å²) in [6.07, 6.45) is 0. The van der Waals surface area contributed by atoms with Gasteiger partial charge in [0.2, 0.25) is 0 Å². The van der Waals surface area contributed by atoms with E-state index in [4.69, 9.17) is 18.0 Å². The van der Waals surface area contributed by atoms with Crippen LogP contribution < -0.4 is 11.1 Å². The molecule has 0 fully saturated rings. The van der Waals surface area contributed by atoms with Crippen molar-refractivity contribution in [2.45, 2.75) is 6.92 Å². The van der Waals surface area contributed by atoms with Gasteiger partial charge in [-0.2, -0.15) is 0 Å². The fraction of sp³-hybridized carbons (Fsp3) is 0.417.